The quantitative estimate of drug-likeness (QED) is 0.507. The smallest absolute Gasteiger partial charge is 0.207 e. The number of hydrogen-bond acceptors (Lipinski definition) is 2. The van der Waals surface area contributed by atoms with Gasteiger partial charge in [0.15, 0.2) is 0 Å². The summed E-state index contributed by atoms with van der Waals surface area (Å²) in [6.45, 7) is 4.67. The highest BCUT2D eigenvalue weighted by Crippen LogP contribution is 2.19. The van der Waals surface area contributed by atoms with E-state index in [1.807, 2.05) is 0 Å². The normalized spacial score (nSPS) is 14.3. The van der Waals surface area contributed by atoms with Crippen molar-refractivity contribution >= 4 is 31.3 Å². The highest BCUT2D eigenvalue weighted by molar-refractivity contribution is 8.17. The molecule has 10 heavy (non-hydrogen) atoms. The summed E-state index contributed by atoms with van der Waals surface area (Å²) >= 11 is 5.37. The van der Waals surface area contributed by atoms with Crippen LogP contribution in [0.5, 0.6) is 0 Å². The summed E-state index contributed by atoms with van der Waals surface area (Å²) in [5.74, 6) is 0. The minimum atomic E-state index is -3.71. The molecule has 0 aliphatic heterocycles. The van der Waals surface area contributed by atoms with Crippen molar-refractivity contribution in [2.45, 2.75) is 6.92 Å². The van der Waals surface area contributed by atoms with E-state index in [0.29, 0.717) is 0 Å². The Labute approximate surface area is 69.6 Å². The first-order valence-corrected chi connectivity index (χ1v) is 5.01. The van der Waals surface area contributed by atoms with E-state index in [9.17, 15) is 8.42 Å². The zero-order valence-electron chi connectivity index (χ0n) is 5.27. The molecule has 0 aromatic carbocycles. The second-order valence-electron chi connectivity index (χ2n) is 1.54. The molecule has 0 N–H and O–H groups in total. The number of allylic oxidation sites excluding steroid dienone is 2. The van der Waals surface area contributed by atoms with Crippen molar-refractivity contribution in [2.24, 2.45) is 0 Å². The van der Waals surface area contributed by atoms with Crippen molar-refractivity contribution in [1.29, 1.82) is 0 Å². The molecule has 0 bridgehead atoms. The fourth-order valence-electron chi connectivity index (χ4n) is 0.408. The van der Waals surface area contributed by atoms with Crippen molar-refractivity contribution in [3.63, 3.8) is 0 Å². The molecule has 0 rings (SSSR count). The van der Waals surface area contributed by atoms with Gasteiger partial charge in [0.2, 0.25) is 0 Å². The third-order valence-electron chi connectivity index (χ3n) is 0.788. The second kappa shape index (κ2) is 3.42. The van der Waals surface area contributed by atoms with Crippen molar-refractivity contribution in [1.82, 2.24) is 0 Å². The molecular formula is C5H6Cl2O2S. The SMILES string of the molecule is C=C/C(=C(\C)Cl)S(=O)(=O)Cl. The zero-order chi connectivity index (χ0) is 8.36. The fraction of sp³-hybridized carbons (Fsp3) is 0.200. The molecule has 0 saturated heterocycles. The lowest BCUT2D eigenvalue weighted by Gasteiger charge is -1.95. The Balaban J connectivity index is 5.13. The molecule has 0 heterocycles. The third kappa shape index (κ3) is 2.73. The van der Waals surface area contributed by atoms with Gasteiger partial charge in [-0.05, 0) is 13.0 Å². The first kappa shape index (κ1) is 10.0. The Morgan fingerprint density at radius 3 is 2.00 bits per heavy atom. The molecule has 2 nitrogen and oxygen atoms in total. The second-order valence-corrected chi connectivity index (χ2v) is 4.64. The molecule has 0 amide bonds. The van der Waals surface area contributed by atoms with Gasteiger partial charge in [-0.2, -0.15) is 0 Å². The summed E-state index contributed by atoms with van der Waals surface area (Å²) in [6.07, 6.45) is 1.10. The van der Waals surface area contributed by atoms with Crippen LogP contribution in [0.2, 0.25) is 0 Å². The Morgan fingerprint density at radius 2 is 2.00 bits per heavy atom. The molecule has 0 aromatic rings. The molecule has 0 aliphatic carbocycles. The molecule has 0 atom stereocenters. The van der Waals surface area contributed by atoms with Gasteiger partial charge >= 0.3 is 0 Å². The van der Waals surface area contributed by atoms with Crippen LogP contribution < -0.4 is 0 Å². The van der Waals surface area contributed by atoms with Crippen LogP contribution in [0, 0.1) is 0 Å². The minimum Gasteiger partial charge on any atom is -0.207 e. The van der Waals surface area contributed by atoms with Crippen LogP contribution in [0.15, 0.2) is 22.6 Å². The van der Waals surface area contributed by atoms with Crippen LogP contribution in [0.3, 0.4) is 0 Å². The van der Waals surface area contributed by atoms with Crippen LogP contribution in [0.1, 0.15) is 6.92 Å². The Hall–Kier alpha value is 0.01000. The first-order chi connectivity index (χ1) is 4.39. The van der Waals surface area contributed by atoms with E-state index in [4.69, 9.17) is 22.3 Å². The van der Waals surface area contributed by atoms with E-state index in [2.05, 4.69) is 6.58 Å². The molecule has 0 unspecified atom stereocenters. The topological polar surface area (TPSA) is 34.1 Å². The summed E-state index contributed by atoms with van der Waals surface area (Å²) in [5.41, 5.74) is 0. The maximum atomic E-state index is 10.6. The molecule has 5 heteroatoms. The van der Waals surface area contributed by atoms with Gasteiger partial charge < -0.3 is 0 Å². The van der Waals surface area contributed by atoms with Crippen LogP contribution in [-0.4, -0.2) is 8.42 Å². The standard InChI is InChI=1S/C5H6Cl2O2S/c1-3-5(4(2)6)10(7,8)9/h3H,1H2,2H3/b5-4-. The summed E-state index contributed by atoms with van der Waals surface area (Å²) in [6, 6.07) is 0. The molecule has 58 valence electrons. The molecule has 0 saturated carbocycles. The Kier molecular flexibility index (Phi) is 3.42. The number of halogens is 2. The summed E-state index contributed by atoms with van der Waals surface area (Å²) in [7, 11) is 1.24. The monoisotopic (exact) mass is 200 g/mol. The molecule has 0 fully saturated rings. The van der Waals surface area contributed by atoms with E-state index in [1.54, 1.807) is 0 Å². The Morgan fingerprint density at radius 1 is 1.60 bits per heavy atom. The number of hydrogen-bond donors (Lipinski definition) is 0. The minimum absolute atomic E-state index is 0.116. The summed E-state index contributed by atoms with van der Waals surface area (Å²) in [5, 5.41) is 0.116. The van der Waals surface area contributed by atoms with Gasteiger partial charge in [0.1, 0.15) is 0 Å². The molecule has 0 aliphatic rings. The van der Waals surface area contributed by atoms with Crippen molar-refractivity contribution in [3.8, 4) is 0 Å². The average molecular weight is 201 g/mol. The number of rotatable bonds is 2. The molecular weight excluding hydrogens is 195 g/mol. The van der Waals surface area contributed by atoms with E-state index in [-0.39, 0.29) is 9.94 Å². The van der Waals surface area contributed by atoms with Gasteiger partial charge in [-0.25, -0.2) is 8.42 Å². The van der Waals surface area contributed by atoms with Gasteiger partial charge in [0, 0.05) is 15.7 Å². The first-order valence-electron chi connectivity index (χ1n) is 2.33. The van der Waals surface area contributed by atoms with Crippen molar-refractivity contribution in [2.75, 3.05) is 0 Å². The van der Waals surface area contributed by atoms with Crippen LogP contribution in [0.4, 0.5) is 0 Å². The van der Waals surface area contributed by atoms with Crippen LogP contribution >= 0.6 is 22.3 Å². The van der Waals surface area contributed by atoms with Gasteiger partial charge in [0.05, 0.1) is 4.91 Å². The fourth-order valence-corrected chi connectivity index (χ4v) is 1.98. The van der Waals surface area contributed by atoms with Gasteiger partial charge in [-0.1, -0.05) is 18.2 Å². The third-order valence-corrected chi connectivity index (χ3v) is 2.60. The molecule has 0 radical (unpaired) electrons. The molecule has 0 spiro atoms. The highest BCUT2D eigenvalue weighted by atomic mass is 35.7. The molecule has 0 aromatic heterocycles. The lowest BCUT2D eigenvalue weighted by Crippen LogP contribution is -1.92. The van der Waals surface area contributed by atoms with Crippen LogP contribution in [0.25, 0.3) is 0 Å². The van der Waals surface area contributed by atoms with Crippen molar-refractivity contribution in [3.05, 3.63) is 22.6 Å². The average Bonchev–Trinajstić information content (AvgIpc) is 1.60. The summed E-state index contributed by atoms with van der Waals surface area (Å²) < 4.78 is 21.1. The largest absolute Gasteiger partial charge is 0.262 e. The lowest BCUT2D eigenvalue weighted by atomic mass is 10.5. The predicted molar refractivity (Wildman–Crippen MR) is 43.5 cm³/mol. The van der Waals surface area contributed by atoms with Gasteiger partial charge in [-0.15, -0.1) is 0 Å². The highest BCUT2D eigenvalue weighted by Gasteiger charge is 2.12. The van der Waals surface area contributed by atoms with E-state index in [1.165, 1.54) is 6.92 Å². The van der Waals surface area contributed by atoms with Crippen LogP contribution in [-0.2, 0) is 9.05 Å². The maximum absolute atomic E-state index is 10.6. The maximum Gasteiger partial charge on any atom is 0.262 e. The van der Waals surface area contributed by atoms with E-state index < -0.39 is 9.05 Å². The summed E-state index contributed by atoms with van der Waals surface area (Å²) in [4.78, 5) is -0.143. The van der Waals surface area contributed by atoms with E-state index >= 15 is 0 Å². The van der Waals surface area contributed by atoms with Gasteiger partial charge in [-0.3, -0.25) is 0 Å². The lowest BCUT2D eigenvalue weighted by molar-refractivity contribution is 0.615. The predicted octanol–water partition coefficient (Wildman–Crippen LogP) is 2.21. The van der Waals surface area contributed by atoms with Crippen molar-refractivity contribution < 1.29 is 8.42 Å². The zero-order valence-corrected chi connectivity index (χ0v) is 7.59. The van der Waals surface area contributed by atoms with Gasteiger partial charge in [0.25, 0.3) is 9.05 Å². The van der Waals surface area contributed by atoms with E-state index in [0.717, 1.165) is 6.08 Å². The Bertz CT molecular complexity index is 259.